The van der Waals surface area contributed by atoms with Crippen molar-refractivity contribution >= 4 is 21.6 Å². The third kappa shape index (κ3) is 5.20. The summed E-state index contributed by atoms with van der Waals surface area (Å²) < 4.78 is 32.5. The van der Waals surface area contributed by atoms with Crippen molar-refractivity contribution in [1.82, 2.24) is 5.32 Å². The fourth-order valence-electron chi connectivity index (χ4n) is 3.74. The van der Waals surface area contributed by atoms with Gasteiger partial charge in [0.05, 0.1) is 10.6 Å². The molecule has 0 atom stereocenters. The van der Waals surface area contributed by atoms with E-state index in [4.69, 9.17) is 4.74 Å². The highest BCUT2D eigenvalue weighted by molar-refractivity contribution is 7.92. The van der Waals surface area contributed by atoms with Gasteiger partial charge < -0.3 is 10.1 Å². The average molecular weight is 465 g/mol. The van der Waals surface area contributed by atoms with Gasteiger partial charge in [-0.15, -0.1) is 0 Å². The number of nitrogens with zero attached hydrogens (tertiary/aromatic N) is 1. The predicted molar refractivity (Wildman–Crippen MR) is 129 cm³/mol. The molecule has 0 aliphatic heterocycles. The number of carbonyl (C=O) groups is 1. The number of hydrogen-bond acceptors (Lipinski definition) is 4. The van der Waals surface area contributed by atoms with E-state index in [1.54, 1.807) is 48.5 Å². The molecule has 172 valence electrons. The summed E-state index contributed by atoms with van der Waals surface area (Å²) in [5, 5.41) is 2.97. The molecule has 0 unspecified atom stereocenters. The van der Waals surface area contributed by atoms with Gasteiger partial charge in [-0.3, -0.25) is 9.10 Å². The maximum absolute atomic E-state index is 12.8. The van der Waals surface area contributed by atoms with E-state index >= 15 is 0 Å². The molecular formula is C26H28N2O4S. The zero-order valence-corrected chi connectivity index (χ0v) is 19.6. The Bertz CT molecular complexity index is 1200. The van der Waals surface area contributed by atoms with Crippen molar-refractivity contribution in [2.75, 3.05) is 24.5 Å². The van der Waals surface area contributed by atoms with E-state index in [9.17, 15) is 13.2 Å². The number of hydrogen-bond donors (Lipinski definition) is 1. The van der Waals surface area contributed by atoms with Crippen molar-refractivity contribution < 1.29 is 17.9 Å². The van der Waals surface area contributed by atoms with Gasteiger partial charge in [0.15, 0.2) is 6.61 Å². The normalized spacial score (nSPS) is 14.4. The fourth-order valence-corrected chi connectivity index (χ4v) is 4.93. The summed E-state index contributed by atoms with van der Waals surface area (Å²) in [6.45, 7) is 2.41. The van der Waals surface area contributed by atoms with Crippen LogP contribution in [0.1, 0.15) is 24.0 Å². The number of ether oxygens (including phenoxy) is 1. The standard InChI is InChI=1S/C26H28N2O4S/c1-20-8-14-24(15-9-20)33(30,31)28(2)22-10-12-23(13-11-22)32-18-25(29)27-19-26(16-17-26)21-6-4-3-5-7-21/h3-15H,16-19H2,1-2H3,(H,27,29). The maximum Gasteiger partial charge on any atom is 0.264 e. The number of carbonyl (C=O) groups excluding carboxylic acids is 1. The first kappa shape index (κ1) is 22.9. The van der Waals surface area contributed by atoms with Gasteiger partial charge in [0.1, 0.15) is 5.75 Å². The molecule has 3 aromatic rings. The van der Waals surface area contributed by atoms with Gasteiger partial charge in [-0.25, -0.2) is 8.42 Å². The van der Waals surface area contributed by atoms with Crippen LogP contribution in [0.4, 0.5) is 5.69 Å². The molecule has 6 nitrogen and oxygen atoms in total. The number of anilines is 1. The molecule has 33 heavy (non-hydrogen) atoms. The molecule has 1 saturated carbocycles. The molecule has 0 heterocycles. The van der Waals surface area contributed by atoms with Crippen LogP contribution in [0.5, 0.6) is 5.75 Å². The van der Waals surface area contributed by atoms with E-state index in [1.165, 1.54) is 16.9 Å². The van der Waals surface area contributed by atoms with E-state index in [2.05, 4.69) is 17.4 Å². The molecule has 4 rings (SSSR count). The molecule has 0 spiro atoms. The monoisotopic (exact) mass is 464 g/mol. The third-order valence-corrected chi connectivity index (χ3v) is 7.91. The Morgan fingerprint density at radius 1 is 0.970 bits per heavy atom. The Morgan fingerprint density at radius 2 is 1.61 bits per heavy atom. The highest BCUT2D eigenvalue weighted by atomic mass is 32.2. The Labute approximate surface area is 195 Å². The lowest BCUT2D eigenvalue weighted by molar-refractivity contribution is -0.123. The quantitative estimate of drug-likeness (QED) is 0.518. The van der Waals surface area contributed by atoms with E-state index < -0.39 is 10.0 Å². The number of benzene rings is 3. The first-order valence-electron chi connectivity index (χ1n) is 10.9. The minimum absolute atomic E-state index is 0.0477. The zero-order valence-electron chi connectivity index (χ0n) is 18.8. The highest BCUT2D eigenvalue weighted by Gasteiger charge is 2.44. The summed E-state index contributed by atoms with van der Waals surface area (Å²) in [6, 6.07) is 23.6. The highest BCUT2D eigenvalue weighted by Crippen LogP contribution is 2.47. The summed E-state index contributed by atoms with van der Waals surface area (Å²) in [7, 11) is -2.14. The maximum atomic E-state index is 12.8. The van der Waals surface area contributed by atoms with Gasteiger partial charge in [-0.1, -0.05) is 48.0 Å². The minimum Gasteiger partial charge on any atom is -0.484 e. The lowest BCUT2D eigenvalue weighted by atomic mass is 9.96. The summed E-state index contributed by atoms with van der Waals surface area (Å²) in [5.41, 5.74) is 2.80. The zero-order chi connectivity index (χ0) is 23.5. The Hall–Kier alpha value is -3.32. The lowest BCUT2D eigenvalue weighted by Gasteiger charge is -2.20. The van der Waals surface area contributed by atoms with Crippen LogP contribution in [0.2, 0.25) is 0 Å². The molecule has 7 heteroatoms. The second-order valence-electron chi connectivity index (χ2n) is 8.49. The summed E-state index contributed by atoms with van der Waals surface area (Å²) in [6.07, 6.45) is 2.14. The van der Waals surface area contributed by atoms with Crippen LogP contribution >= 0.6 is 0 Å². The van der Waals surface area contributed by atoms with Crippen LogP contribution in [0.25, 0.3) is 0 Å². The Kier molecular flexibility index (Phi) is 6.42. The van der Waals surface area contributed by atoms with Crippen molar-refractivity contribution in [3.05, 3.63) is 90.0 Å². The third-order valence-electron chi connectivity index (χ3n) is 6.11. The molecule has 1 amide bonds. The molecule has 1 fully saturated rings. The SMILES string of the molecule is Cc1ccc(S(=O)(=O)N(C)c2ccc(OCC(=O)NCC3(c4ccccc4)CC3)cc2)cc1. The van der Waals surface area contributed by atoms with Gasteiger partial charge in [-0.05, 0) is 61.7 Å². The van der Waals surface area contributed by atoms with Gasteiger partial charge in [0.25, 0.3) is 15.9 Å². The van der Waals surface area contributed by atoms with Crippen LogP contribution < -0.4 is 14.4 Å². The second kappa shape index (κ2) is 9.27. The largest absolute Gasteiger partial charge is 0.484 e. The molecule has 0 aromatic heterocycles. The summed E-state index contributed by atoms with van der Waals surface area (Å²) >= 11 is 0. The minimum atomic E-state index is -3.66. The first-order chi connectivity index (χ1) is 15.8. The molecule has 1 aliphatic carbocycles. The predicted octanol–water partition coefficient (Wildman–Crippen LogP) is 4.05. The first-order valence-corrected chi connectivity index (χ1v) is 12.3. The van der Waals surface area contributed by atoms with Crippen molar-refractivity contribution in [2.24, 2.45) is 0 Å². The van der Waals surface area contributed by atoms with Crippen molar-refractivity contribution in [3.63, 3.8) is 0 Å². The number of nitrogens with one attached hydrogen (secondary N) is 1. The fraction of sp³-hybridized carbons (Fsp3) is 0.269. The molecule has 1 aliphatic rings. The number of rotatable bonds is 9. The lowest BCUT2D eigenvalue weighted by Crippen LogP contribution is -2.35. The van der Waals surface area contributed by atoms with Crippen LogP contribution in [0.3, 0.4) is 0 Å². The molecule has 0 bridgehead atoms. The van der Waals surface area contributed by atoms with E-state index in [0.29, 0.717) is 18.0 Å². The molecule has 0 saturated heterocycles. The van der Waals surface area contributed by atoms with E-state index in [0.717, 1.165) is 18.4 Å². The number of aryl methyl sites for hydroxylation is 1. The Morgan fingerprint density at radius 3 is 2.21 bits per heavy atom. The van der Waals surface area contributed by atoms with Crippen LogP contribution in [0.15, 0.2) is 83.8 Å². The Balaban J connectivity index is 1.30. The topological polar surface area (TPSA) is 75.7 Å². The van der Waals surface area contributed by atoms with Crippen LogP contribution in [-0.4, -0.2) is 34.5 Å². The van der Waals surface area contributed by atoms with Crippen LogP contribution in [0, 0.1) is 6.92 Å². The molecular weight excluding hydrogens is 436 g/mol. The van der Waals surface area contributed by atoms with Gasteiger partial charge in [0, 0.05) is 19.0 Å². The van der Waals surface area contributed by atoms with Gasteiger partial charge in [-0.2, -0.15) is 0 Å². The average Bonchev–Trinajstić information content (AvgIpc) is 3.63. The molecule has 1 N–H and O–H groups in total. The summed E-state index contributed by atoms with van der Waals surface area (Å²) in [5.74, 6) is 0.319. The van der Waals surface area contributed by atoms with Crippen molar-refractivity contribution in [2.45, 2.75) is 30.1 Å². The van der Waals surface area contributed by atoms with Crippen molar-refractivity contribution in [3.8, 4) is 5.75 Å². The van der Waals surface area contributed by atoms with E-state index in [-0.39, 0.29) is 22.8 Å². The smallest absolute Gasteiger partial charge is 0.264 e. The van der Waals surface area contributed by atoms with Crippen LogP contribution in [-0.2, 0) is 20.2 Å². The van der Waals surface area contributed by atoms with Gasteiger partial charge in [0.2, 0.25) is 0 Å². The number of sulfonamides is 1. The number of amides is 1. The van der Waals surface area contributed by atoms with Gasteiger partial charge >= 0.3 is 0 Å². The summed E-state index contributed by atoms with van der Waals surface area (Å²) in [4.78, 5) is 12.5. The second-order valence-corrected chi connectivity index (χ2v) is 10.5. The van der Waals surface area contributed by atoms with Crippen molar-refractivity contribution in [1.29, 1.82) is 0 Å². The molecule has 3 aromatic carbocycles. The van der Waals surface area contributed by atoms with E-state index in [1.807, 2.05) is 25.1 Å². The molecule has 0 radical (unpaired) electrons.